The van der Waals surface area contributed by atoms with Crippen LogP contribution in [0.5, 0.6) is 5.75 Å². The Morgan fingerprint density at radius 2 is 1.89 bits per heavy atom. The molecule has 146 valence electrons. The highest BCUT2D eigenvalue weighted by atomic mass is 32.1. The van der Waals surface area contributed by atoms with Gasteiger partial charge < -0.3 is 9.64 Å². The minimum atomic E-state index is -0.268. The van der Waals surface area contributed by atoms with Crippen LogP contribution in [-0.2, 0) is 13.2 Å². The quantitative estimate of drug-likeness (QED) is 0.620. The third kappa shape index (κ3) is 3.86. The topological polar surface area (TPSA) is 36.4 Å². The van der Waals surface area contributed by atoms with Crippen LogP contribution < -0.4 is 9.64 Å². The number of nitrogens with one attached hydrogen (secondary N) is 1. The van der Waals surface area contributed by atoms with Gasteiger partial charge in [-0.2, -0.15) is 4.68 Å². The van der Waals surface area contributed by atoms with E-state index in [-0.39, 0.29) is 5.82 Å². The van der Waals surface area contributed by atoms with Crippen LogP contribution in [0.1, 0.15) is 24.4 Å². The highest BCUT2D eigenvalue weighted by molar-refractivity contribution is 7.71. The van der Waals surface area contributed by atoms with E-state index in [4.69, 9.17) is 22.1 Å². The van der Waals surface area contributed by atoms with Crippen molar-refractivity contribution in [3.8, 4) is 17.1 Å². The summed E-state index contributed by atoms with van der Waals surface area (Å²) >= 11 is 5.70. The predicted octanol–water partition coefficient (Wildman–Crippen LogP) is 3.24. The second-order valence-corrected chi connectivity index (χ2v) is 7.69. The van der Waals surface area contributed by atoms with Gasteiger partial charge in [0, 0.05) is 11.6 Å². The molecule has 1 saturated carbocycles. The van der Waals surface area contributed by atoms with Gasteiger partial charge in [0.2, 0.25) is 4.77 Å². The van der Waals surface area contributed by atoms with Crippen molar-refractivity contribution in [1.29, 1.82) is 0 Å². The summed E-state index contributed by atoms with van der Waals surface area (Å²) in [6.45, 7) is 1.45. The van der Waals surface area contributed by atoms with E-state index in [1.54, 1.807) is 19.2 Å². The minimum absolute atomic E-state index is 0.268. The third-order valence-electron chi connectivity index (χ3n) is 4.98. The number of methoxy groups -OCH3 is 1. The zero-order valence-corrected chi connectivity index (χ0v) is 16.9. The Hall–Kier alpha value is -2.51. The maximum Gasteiger partial charge on any atom is 0.203 e. The van der Waals surface area contributed by atoms with Gasteiger partial charge in [0.05, 0.1) is 19.7 Å². The molecular formula is C21H24FN4OS+. The smallest absolute Gasteiger partial charge is 0.203 e. The molecule has 1 heterocycles. The lowest BCUT2D eigenvalue weighted by molar-refractivity contribution is -0.917. The largest absolute Gasteiger partial charge is 0.497 e. The van der Waals surface area contributed by atoms with Gasteiger partial charge >= 0.3 is 0 Å². The number of benzene rings is 2. The molecule has 0 saturated heterocycles. The maximum atomic E-state index is 14.4. The molecule has 1 aliphatic rings. The Kier molecular flexibility index (Phi) is 5.28. The van der Waals surface area contributed by atoms with Crippen molar-refractivity contribution in [2.24, 2.45) is 0 Å². The molecule has 0 bridgehead atoms. The van der Waals surface area contributed by atoms with Gasteiger partial charge in [0.15, 0.2) is 12.5 Å². The molecule has 2 aromatic carbocycles. The molecule has 7 heteroatoms. The Morgan fingerprint density at radius 1 is 1.18 bits per heavy atom. The summed E-state index contributed by atoms with van der Waals surface area (Å²) in [6.07, 6.45) is 2.13. The molecule has 5 nitrogen and oxygen atoms in total. The van der Waals surface area contributed by atoms with Crippen molar-refractivity contribution in [2.45, 2.75) is 32.1 Å². The first-order valence-electron chi connectivity index (χ1n) is 9.45. The van der Waals surface area contributed by atoms with Crippen LogP contribution in [0, 0.1) is 10.6 Å². The van der Waals surface area contributed by atoms with E-state index in [2.05, 4.69) is 19.2 Å². The molecule has 0 amide bonds. The van der Waals surface area contributed by atoms with Crippen molar-refractivity contribution in [3.05, 3.63) is 64.7 Å². The summed E-state index contributed by atoms with van der Waals surface area (Å²) in [5, 5.41) is 4.71. The Morgan fingerprint density at radius 3 is 2.54 bits per heavy atom. The Labute approximate surface area is 169 Å². The van der Waals surface area contributed by atoms with Crippen LogP contribution in [-0.4, -0.2) is 28.5 Å². The van der Waals surface area contributed by atoms with E-state index in [0.717, 1.165) is 25.1 Å². The average molecular weight is 400 g/mol. The highest BCUT2D eigenvalue weighted by Gasteiger charge is 2.30. The molecule has 1 unspecified atom stereocenters. The van der Waals surface area contributed by atoms with E-state index in [9.17, 15) is 4.39 Å². The monoisotopic (exact) mass is 399 g/mol. The predicted molar refractivity (Wildman–Crippen MR) is 108 cm³/mol. The molecule has 1 aliphatic carbocycles. The first kappa shape index (κ1) is 18.8. The average Bonchev–Trinajstić information content (AvgIpc) is 3.48. The number of hydrogen-bond donors (Lipinski definition) is 1. The SMILES string of the molecule is COc1ccc(C[NH+](C)Cn2nc(-c3ccccc3F)n(C3CC3)c2=S)cc1. The number of ether oxygens (including phenoxy) is 1. The van der Waals surface area contributed by atoms with Gasteiger partial charge in [-0.1, -0.05) is 12.1 Å². The molecule has 1 aromatic heterocycles. The molecule has 1 N–H and O–H groups in total. The van der Waals surface area contributed by atoms with Crippen molar-refractivity contribution < 1.29 is 14.0 Å². The van der Waals surface area contributed by atoms with Crippen molar-refractivity contribution in [1.82, 2.24) is 14.3 Å². The minimum Gasteiger partial charge on any atom is -0.497 e. The normalized spacial score (nSPS) is 14.8. The fourth-order valence-electron chi connectivity index (χ4n) is 3.41. The Balaban J connectivity index is 1.58. The summed E-state index contributed by atoms with van der Waals surface area (Å²) in [4.78, 5) is 1.24. The van der Waals surface area contributed by atoms with Crippen LogP contribution in [0.15, 0.2) is 48.5 Å². The molecule has 0 radical (unpaired) electrons. The van der Waals surface area contributed by atoms with Crippen molar-refractivity contribution in [2.75, 3.05) is 14.2 Å². The van der Waals surface area contributed by atoms with Gasteiger partial charge in [-0.05, 0) is 61.5 Å². The molecular weight excluding hydrogens is 375 g/mol. The van der Waals surface area contributed by atoms with E-state index < -0.39 is 0 Å². The summed E-state index contributed by atoms with van der Waals surface area (Å²) in [5.74, 6) is 1.21. The van der Waals surface area contributed by atoms with Crippen LogP contribution in [0.3, 0.4) is 0 Å². The number of rotatable bonds is 7. The summed E-state index contributed by atoms with van der Waals surface area (Å²) in [5.41, 5.74) is 1.72. The molecule has 3 aromatic rings. The third-order valence-corrected chi connectivity index (χ3v) is 5.39. The number of nitrogens with zero attached hydrogens (tertiary/aromatic N) is 3. The summed E-state index contributed by atoms with van der Waals surface area (Å²) < 4.78 is 24.1. The van der Waals surface area contributed by atoms with Gasteiger partial charge in [-0.25, -0.2) is 4.39 Å². The number of halogens is 1. The first-order valence-corrected chi connectivity index (χ1v) is 9.86. The van der Waals surface area contributed by atoms with Crippen molar-refractivity contribution in [3.63, 3.8) is 0 Å². The van der Waals surface area contributed by atoms with E-state index in [0.29, 0.717) is 28.9 Å². The molecule has 1 fully saturated rings. The van der Waals surface area contributed by atoms with Crippen LogP contribution in [0.4, 0.5) is 4.39 Å². The standard InChI is InChI=1S/C21H23FN4OS/c1-24(13-15-7-11-17(27-2)12-8-15)14-25-21(28)26(16-9-10-16)20(23-25)18-5-3-4-6-19(18)22/h3-8,11-12,16H,9-10,13-14H2,1-2H3/p+1. The van der Waals surface area contributed by atoms with Gasteiger partial charge in [-0.3, -0.25) is 4.57 Å². The van der Waals surface area contributed by atoms with Gasteiger partial charge in [0.25, 0.3) is 0 Å². The lowest BCUT2D eigenvalue weighted by Gasteiger charge is -2.14. The van der Waals surface area contributed by atoms with Gasteiger partial charge in [0.1, 0.15) is 18.1 Å². The number of aromatic nitrogens is 3. The lowest BCUT2D eigenvalue weighted by Crippen LogP contribution is -3.07. The van der Waals surface area contributed by atoms with E-state index >= 15 is 0 Å². The maximum absolute atomic E-state index is 14.4. The first-order chi connectivity index (χ1) is 13.6. The molecule has 0 aliphatic heterocycles. The number of quaternary nitrogens is 1. The van der Waals surface area contributed by atoms with Crippen molar-refractivity contribution >= 4 is 12.2 Å². The fourth-order valence-corrected chi connectivity index (χ4v) is 3.76. The lowest BCUT2D eigenvalue weighted by atomic mass is 10.2. The second kappa shape index (κ2) is 7.85. The van der Waals surface area contributed by atoms with Crippen LogP contribution in [0.25, 0.3) is 11.4 Å². The molecule has 28 heavy (non-hydrogen) atoms. The zero-order valence-electron chi connectivity index (χ0n) is 16.1. The molecule has 0 spiro atoms. The van der Waals surface area contributed by atoms with E-state index in [1.807, 2.05) is 27.4 Å². The molecule has 4 rings (SSSR count). The highest BCUT2D eigenvalue weighted by Crippen LogP contribution is 2.38. The Bertz CT molecular complexity index is 1020. The second-order valence-electron chi connectivity index (χ2n) is 7.33. The fraction of sp³-hybridized carbons (Fsp3) is 0.333. The summed E-state index contributed by atoms with van der Waals surface area (Å²) in [6, 6.07) is 15.2. The summed E-state index contributed by atoms with van der Waals surface area (Å²) in [7, 11) is 3.77. The van der Waals surface area contributed by atoms with Crippen LogP contribution in [0.2, 0.25) is 0 Å². The molecule has 1 atom stereocenters. The van der Waals surface area contributed by atoms with Gasteiger partial charge in [-0.15, -0.1) is 5.10 Å². The van der Waals surface area contributed by atoms with E-state index in [1.165, 1.54) is 16.5 Å². The zero-order chi connectivity index (χ0) is 19.7. The number of hydrogen-bond acceptors (Lipinski definition) is 3. The van der Waals surface area contributed by atoms with Crippen LogP contribution >= 0.6 is 12.2 Å².